The van der Waals surface area contributed by atoms with Crippen molar-refractivity contribution in [2.24, 2.45) is 0 Å². The van der Waals surface area contributed by atoms with E-state index in [4.69, 9.17) is 0 Å². The Bertz CT molecular complexity index is 296. The van der Waals surface area contributed by atoms with E-state index in [1.165, 1.54) is 37.8 Å². The molecule has 0 aromatic heterocycles. The Balaban J connectivity index is 1.76. The molecule has 1 fully saturated rings. The Morgan fingerprint density at radius 1 is 1.06 bits per heavy atom. The maximum atomic E-state index is 2.67. The number of benzene rings is 1. The second-order valence-corrected chi connectivity index (χ2v) is 5.10. The molecule has 88 valence electrons. The third kappa shape index (κ3) is 2.85. The number of rotatable bonds is 4. The molecule has 2 unspecified atom stereocenters. The normalized spacial score (nSPS) is 26.1. The highest BCUT2D eigenvalue weighted by molar-refractivity contribution is 5.14. The van der Waals surface area contributed by atoms with Gasteiger partial charge in [0.2, 0.25) is 0 Å². The molecule has 16 heavy (non-hydrogen) atoms. The first-order valence-corrected chi connectivity index (χ1v) is 6.57. The van der Waals surface area contributed by atoms with Gasteiger partial charge in [0, 0.05) is 12.1 Å². The summed E-state index contributed by atoms with van der Waals surface area (Å²) in [5, 5.41) is 0. The third-order valence-corrected chi connectivity index (χ3v) is 3.86. The van der Waals surface area contributed by atoms with Crippen molar-refractivity contribution >= 4 is 0 Å². The summed E-state index contributed by atoms with van der Waals surface area (Å²) in [7, 11) is 0. The van der Waals surface area contributed by atoms with Gasteiger partial charge in [-0.1, -0.05) is 30.3 Å². The molecule has 1 heterocycles. The van der Waals surface area contributed by atoms with E-state index in [-0.39, 0.29) is 0 Å². The lowest BCUT2D eigenvalue weighted by Gasteiger charge is -2.25. The summed E-state index contributed by atoms with van der Waals surface area (Å²) in [6, 6.07) is 12.4. The van der Waals surface area contributed by atoms with Crippen LogP contribution in [0.2, 0.25) is 0 Å². The Labute approximate surface area is 99.5 Å². The van der Waals surface area contributed by atoms with Crippen LogP contribution in [-0.4, -0.2) is 23.5 Å². The zero-order chi connectivity index (χ0) is 11.4. The lowest BCUT2D eigenvalue weighted by molar-refractivity contribution is 0.212. The van der Waals surface area contributed by atoms with Crippen molar-refractivity contribution in [3.8, 4) is 0 Å². The summed E-state index contributed by atoms with van der Waals surface area (Å²) in [5.74, 6) is 0. The first-order chi connectivity index (χ1) is 7.77. The molecule has 0 N–H and O–H groups in total. The van der Waals surface area contributed by atoms with Crippen LogP contribution in [0, 0.1) is 0 Å². The average molecular weight is 217 g/mol. The molecule has 2 atom stereocenters. The Hall–Kier alpha value is -0.820. The van der Waals surface area contributed by atoms with Gasteiger partial charge in [0.25, 0.3) is 0 Å². The average Bonchev–Trinajstić information content (AvgIpc) is 2.62. The van der Waals surface area contributed by atoms with Crippen LogP contribution in [-0.2, 0) is 6.42 Å². The van der Waals surface area contributed by atoms with E-state index in [0.29, 0.717) is 0 Å². The molecule has 0 saturated carbocycles. The number of aryl methyl sites for hydroxylation is 1. The van der Waals surface area contributed by atoms with Crippen LogP contribution in [0.15, 0.2) is 30.3 Å². The molecule has 0 bridgehead atoms. The van der Waals surface area contributed by atoms with Crippen molar-refractivity contribution in [2.45, 2.75) is 51.6 Å². The third-order valence-electron chi connectivity index (χ3n) is 3.86. The summed E-state index contributed by atoms with van der Waals surface area (Å²) >= 11 is 0. The smallest absolute Gasteiger partial charge is 0.00703 e. The summed E-state index contributed by atoms with van der Waals surface area (Å²) in [5.41, 5.74) is 1.47. The molecule has 1 aliphatic rings. The molecule has 2 rings (SSSR count). The number of hydrogen-bond donors (Lipinski definition) is 0. The number of hydrogen-bond acceptors (Lipinski definition) is 1. The van der Waals surface area contributed by atoms with Crippen molar-refractivity contribution in [3.63, 3.8) is 0 Å². The van der Waals surface area contributed by atoms with E-state index >= 15 is 0 Å². The van der Waals surface area contributed by atoms with Crippen LogP contribution < -0.4 is 0 Å². The first-order valence-electron chi connectivity index (χ1n) is 6.57. The lowest BCUT2D eigenvalue weighted by atomic mass is 10.1. The highest BCUT2D eigenvalue weighted by Crippen LogP contribution is 2.23. The topological polar surface area (TPSA) is 3.24 Å². The zero-order valence-electron chi connectivity index (χ0n) is 10.5. The monoisotopic (exact) mass is 217 g/mol. The second-order valence-electron chi connectivity index (χ2n) is 5.10. The fourth-order valence-electron chi connectivity index (χ4n) is 2.80. The first kappa shape index (κ1) is 11.7. The predicted molar refractivity (Wildman–Crippen MR) is 69.6 cm³/mol. The predicted octanol–water partition coefficient (Wildman–Crippen LogP) is 3.49. The van der Waals surface area contributed by atoms with Gasteiger partial charge in [-0.05, 0) is 51.6 Å². The molecular weight excluding hydrogens is 194 g/mol. The maximum absolute atomic E-state index is 2.67. The van der Waals surface area contributed by atoms with Crippen molar-refractivity contribution in [1.29, 1.82) is 0 Å². The maximum Gasteiger partial charge on any atom is 0.00703 e. The minimum atomic E-state index is 0.797. The fourth-order valence-corrected chi connectivity index (χ4v) is 2.80. The van der Waals surface area contributed by atoms with E-state index in [1.807, 2.05) is 0 Å². The van der Waals surface area contributed by atoms with Gasteiger partial charge in [-0.2, -0.15) is 0 Å². The standard InChI is InChI=1S/C15H23N/c1-13-10-11-14(2)16(13)12-6-9-15-7-4-3-5-8-15/h3-5,7-8,13-14H,6,9-12H2,1-2H3. The van der Waals surface area contributed by atoms with Crippen molar-refractivity contribution < 1.29 is 0 Å². The van der Waals surface area contributed by atoms with Crippen molar-refractivity contribution in [2.75, 3.05) is 6.54 Å². The molecule has 1 heteroatoms. The van der Waals surface area contributed by atoms with Crippen molar-refractivity contribution in [3.05, 3.63) is 35.9 Å². The van der Waals surface area contributed by atoms with E-state index in [1.54, 1.807) is 0 Å². The largest absolute Gasteiger partial charge is 0.298 e. The van der Waals surface area contributed by atoms with Crippen LogP contribution in [0.3, 0.4) is 0 Å². The quantitative estimate of drug-likeness (QED) is 0.746. The summed E-state index contributed by atoms with van der Waals surface area (Å²) < 4.78 is 0. The van der Waals surface area contributed by atoms with E-state index in [0.717, 1.165) is 12.1 Å². The van der Waals surface area contributed by atoms with Gasteiger partial charge < -0.3 is 0 Å². The van der Waals surface area contributed by atoms with Gasteiger partial charge in [0.05, 0.1) is 0 Å². The fraction of sp³-hybridized carbons (Fsp3) is 0.600. The second kappa shape index (κ2) is 5.49. The highest BCUT2D eigenvalue weighted by Gasteiger charge is 2.26. The molecule has 1 aromatic rings. The molecule has 1 nitrogen and oxygen atoms in total. The SMILES string of the molecule is CC1CCC(C)N1CCCc1ccccc1. The van der Waals surface area contributed by atoms with Crippen LogP contribution in [0.25, 0.3) is 0 Å². The van der Waals surface area contributed by atoms with Crippen LogP contribution in [0.5, 0.6) is 0 Å². The highest BCUT2D eigenvalue weighted by atomic mass is 15.2. The molecule has 1 saturated heterocycles. The number of likely N-dealkylation sites (tertiary alicyclic amines) is 1. The Kier molecular flexibility index (Phi) is 4.00. The van der Waals surface area contributed by atoms with Gasteiger partial charge in [0.1, 0.15) is 0 Å². The molecule has 0 aliphatic carbocycles. The Morgan fingerprint density at radius 2 is 1.69 bits per heavy atom. The molecule has 0 amide bonds. The number of nitrogens with zero attached hydrogens (tertiary/aromatic N) is 1. The van der Waals surface area contributed by atoms with Gasteiger partial charge >= 0.3 is 0 Å². The lowest BCUT2D eigenvalue weighted by Crippen LogP contribution is -2.33. The van der Waals surface area contributed by atoms with E-state index < -0.39 is 0 Å². The zero-order valence-corrected chi connectivity index (χ0v) is 10.5. The van der Waals surface area contributed by atoms with Crippen LogP contribution in [0.4, 0.5) is 0 Å². The molecule has 1 aromatic carbocycles. The van der Waals surface area contributed by atoms with Crippen LogP contribution in [0.1, 0.15) is 38.7 Å². The molecule has 0 spiro atoms. The molecule has 1 aliphatic heterocycles. The van der Waals surface area contributed by atoms with Gasteiger partial charge in [-0.25, -0.2) is 0 Å². The van der Waals surface area contributed by atoms with Crippen LogP contribution >= 0.6 is 0 Å². The van der Waals surface area contributed by atoms with E-state index in [9.17, 15) is 0 Å². The molecule has 0 radical (unpaired) electrons. The molecular formula is C15H23N. The minimum Gasteiger partial charge on any atom is -0.298 e. The summed E-state index contributed by atoms with van der Waals surface area (Å²) in [6.07, 6.45) is 5.27. The minimum absolute atomic E-state index is 0.797. The summed E-state index contributed by atoms with van der Waals surface area (Å²) in [6.45, 7) is 6.00. The van der Waals surface area contributed by atoms with Gasteiger partial charge in [-0.15, -0.1) is 0 Å². The van der Waals surface area contributed by atoms with Gasteiger partial charge in [0.15, 0.2) is 0 Å². The Morgan fingerprint density at radius 3 is 2.31 bits per heavy atom. The van der Waals surface area contributed by atoms with Crippen molar-refractivity contribution in [1.82, 2.24) is 4.90 Å². The summed E-state index contributed by atoms with van der Waals surface area (Å²) in [4.78, 5) is 2.67. The van der Waals surface area contributed by atoms with Gasteiger partial charge in [-0.3, -0.25) is 4.90 Å². The van der Waals surface area contributed by atoms with E-state index in [2.05, 4.69) is 49.1 Å².